The molecule has 0 spiro atoms. The number of primary amides is 1. The fourth-order valence-electron chi connectivity index (χ4n) is 2.13. The molecule has 1 aliphatic rings. The Morgan fingerprint density at radius 2 is 2.29 bits per heavy atom. The largest absolute Gasteiger partial charge is 0.378 e. The molecule has 1 aromatic rings. The summed E-state index contributed by atoms with van der Waals surface area (Å²) in [7, 11) is 0. The molecule has 2 rings (SSSR count). The van der Waals surface area contributed by atoms with Crippen LogP contribution in [0, 0.1) is 0 Å². The molecule has 0 aromatic heterocycles. The fraction of sp³-hybridized carbons (Fsp3) is 0.467. The minimum Gasteiger partial charge on any atom is -0.378 e. The van der Waals surface area contributed by atoms with Crippen molar-refractivity contribution < 1.29 is 19.1 Å². The summed E-state index contributed by atoms with van der Waals surface area (Å²) in [6, 6.07) is 6.53. The predicted molar refractivity (Wildman–Crippen MR) is 78.0 cm³/mol. The predicted octanol–water partition coefficient (Wildman–Crippen LogP) is 1.31. The Hall–Kier alpha value is -1.92. The number of ether oxygens (including phenoxy) is 2. The van der Waals surface area contributed by atoms with Gasteiger partial charge in [0, 0.05) is 17.9 Å². The lowest BCUT2D eigenvalue weighted by Crippen LogP contribution is -2.18. The van der Waals surface area contributed by atoms with Gasteiger partial charge in [0.1, 0.15) is 0 Å². The first-order chi connectivity index (χ1) is 10.1. The van der Waals surface area contributed by atoms with Crippen molar-refractivity contribution in [2.45, 2.75) is 25.4 Å². The average molecular weight is 292 g/mol. The standard InChI is InChI=1S/C15H20N2O4/c16-15(19)11-3-1-4-12(9-11)17-14(18)6-8-20-10-13-5-2-7-21-13/h1,3-4,9,13H,2,5-8,10H2,(H2,16,19)(H,17,18). The second-order valence-corrected chi connectivity index (χ2v) is 4.95. The minimum atomic E-state index is -0.522. The van der Waals surface area contributed by atoms with Gasteiger partial charge in [0.15, 0.2) is 0 Å². The molecule has 6 nitrogen and oxygen atoms in total. The molecule has 1 aliphatic heterocycles. The van der Waals surface area contributed by atoms with Crippen LogP contribution >= 0.6 is 0 Å². The normalized spacial score (nSPS) is 17.6. The average Bonchev–Trinajstić information content (AvgIpc) is 2.97. The summed E-state index contributed by atoms with van der Waals surface area (Å²) in [6.45, 7) is 1.68. The summed E-state index contributed by atoms with van der Waals surface area (Å²) in [4.78, 5) is 22.8. The number of carbonyl (C=O) groups excluding carboxylic acids is 2. The molecule has 1 atom stereocenters. The third-order valence-corrected chi connectivity index (χ3v) is 3.23. The number of nitrogens with one attached hydrogen (secondary N) is 1. The quantitative estimate of drug-likeness (QED) is 0.741. The van der Waals surface area contributed by atoms with Gasteiger partial charge in [-0.05, 0) is 31.0 Å². The van der Waals surface area contributed by atoms with Gasteiger partial charge in [-0.3, -0.25) is 9.59 Å². The first kappa shape index (κ1) is 15.5. The van der Waals surface area contributed by atoms with Crippen LogP contribution in [0.4, 0.5) is 5.69 Å². The van der Waals surface area contributed by atoms with Gasteiger partial charge in [0.2, 0.25) is 11.8 Å². The van der Waals surface area contributed by atoms with Crippen LogP contribution in [-0.4, -0.2) is 37.7 Å². The summed E-state index contributed by atoms with van der Waals surface area (Å²) < 4.78 is 10.8. The van der Waals surface area contributed by atoms with E-state index in [2.05, 4.69) is 5.32 Å². The maximum Gasteiger partial charge on any atom is 0.248 e. The van der Waals surface area contributed by atoms with Crippen molar-refractivity contribution >= 4 is 17.5 Å². The van der Waals surface area contributed by atoms with Crippen LogP contribution in [0.5, 0.6) is 0 Å². The van der Waals surface area contributed by atoms with E-state index in [4.69, 9.17) is 15.2 Å². The van der Waals surface area contributed by atoms with E-state index in [0.717, 1.165) is 19.4 Å². The van der Waals surface area contributed by atoms with Crippen molar-refractivity contribution in [3.8, 4) is 0 Å². The number of carbonyl (C=O) groups is 2. The third kappa shape index (κ3) is 5.17. The van der Waals surface area contributed by atoms with Crippen LogP contribution in [0.1, 0.15) is 29.6 Å². The molecule has 3 N–H and O–H groups in total. The summed E-state index contributed by atoms with van der Waals surface area (Å²) in [5.41, 5.74) is 6.10. The van der Waals surface area contributed by atoms with E-state index in [1.165, 1.54) is 0 Å². The number of amides is 2. The van der Waals surface area contributed by atoms with Gasteiger partial charge < -0.3 is 20.5 Å². The van der Waals surface area contributed by atoms with E-state index in [1.54, 1.807) is 24.3 Å². The lowest BCUT2D eigenvalue weighted by atomic mass is 10.2. The van der Waals surface area contributed by atoms with E-state index >= 15 is 0 Å². The smallest absolute Gasteiger partial charge is 0.248 e. The molecular weight excluding hydrogens is 272 g/mol. The van der Waals surface area contributed by atoms with Crippen molar-refractivity contribution in [1.82, 2.24) is 0 Å². The lowest BCUT2D eigenvalue weighted by molar-refractivity contribution is -0.117. The molecule has 0 radical (unpaired) electrons. The Morgan fingerprint density at radius 1 is 1.43 bits per heavy atom. The molecule has 1 fully saturated rings. The van der Waals surface area contributed by atoms with Crippen molar-refractivity contribution in [1.29, 1.82) is 0 Å². The number of benzene rings is 1. The van der Waals surface area contributed by atoms with Gasteiger partial charge in [-0.2, -0.15) is 0 Å². The Bertz CT molecular complexity index is 498. The van der Waals surface area contributed by atoms with Crippen LogP contribution < -0.4 is 11.1 Å². The van der Waals surface area contributed by atoms with E-state index in [-0.39, 0.29) is 18.4 Å². The van der Waals surface area contributed by atoms with E-state index in [9.17, 15) is 9.59 Å². The second-order valence-electron chi connectivity index (χ2n) is 4.95. The molecular formula is C15H20N2O4. The number of nitrogens with two attached hydrogens (primary N) is 1. The topological polar surface area (TPSA) is 90.7 Å². The van der Waals surface area contributed by atoms with Gasteiger partial charge in [-0.25, -0.2) is 0 Å². The highest BCUT2D eigenvalue weighted by molar-refractivity contribution is 5.96. The van der Waals surface area contributed by atoms with Crippen molar-refractivity contribution in [2.24, 2.45) is 5.73 Å². The highest BCUT2D eigenvalue weighted by atomic mass is 16.5. The zero-order valence-electron chi connectivity index (χ0n) is 11.8. The SMILES string of the molecule is NC(=O)c1cccc(NC(=O)CCOCC2CCCO2)c1. The van der Waals surface area contributed by atoms with Gasteiger partial charge in [-0.1, -0.05) is 6.07 Å². The van der Waals surface area contributed by atoms with Crippen molar-refractivity contribution in [3.63, 3.8) is 0 Å². The maximum atomic E-state index is 11.8. The molecule has 0 bridgehead atoms. The minimum absolute atomic E-state index is 0.163. The highest BCUT2D eigenvalue weighted by Gasteiger charge is 2.15. The van der Waals surface area contributed by atoms with Gasteiger partial charge in [0.05, 0.1) is 25.7 Å². The highest BCUT2D eigenvalue weighted by Crippen LogP contribution is 2.12. The molecule has 0 saturated carbocycles. The Kier molecular flexibility index (Phi) is 5.71. The van der Waals surface area contributed by atoms with E-state index in [0.29, 0.717) is 24.5 Å². The van der Waals surface area contributed by atoms with Crippen LogP contribution in [0.15, 0.2) is 24.3 Å². The van der Waals surface area contributed by atoms with E-state index < -0.39 is 5.91 Å². The van der Waals surface area contributed by atoms with E-state index in [1.807, 2.05) is 0 Å². The van der Waals surface area contributed by atoms with Crippen LogP contribution in [0.2, 0.25) is 0 Å². The van der Waals surface area contributed by atoms with Crippen LogP contribution in [0.3, 0.4) is 0 Å². The molecule has 1 heterocycles. The van der Waals surface area contributed by atoms with Gasteiger partial charge >= 0.3 is 0 Å². The third-order valence-electron chi connectivity index (χ3n) is 3.23. The Labute approximate surface area is 123 Å². The Balaban J connectivity index is 1.69. The molecule has 0 aliphatic carbocycles. The first-order valence-corrected chi connectivity index (χ1v) is 7.04. The molecule has 1 aromatic carbocycles. The molecule has 21 heavy (non-hydrogen) atoms. The first-order valence-electron chi connectivity index (χ1n) is 7.04. The lowest BCUT2D eigenvalue weighted by Gasteiger charge is -2.10. The number of rotatable bonds is 7. The van der Waals surface area contributed by atoms with Crippen LogP contribution in [0.25, 0.3) is 0 Å². The zero-order valence-corrected chi connectivity index (χ0v) is 11.8. The molecule has 6 heteroatoms. The van der Waals surface area contributed by atoms with Crippen molar-refractivity contribution in [3.05, 3.63) is 29.8 Å². The summed E-state index contributed by atoms with van der Waals surface area (Å²) in [6.07, 6.45) is 2.52. The van der Waals surface area contributed by atoms with Gasteiger partial charge in [-0.15, -0.1) is 0 Å². The monoisotopic (exact) mass is 292 g/mol. The van der Waals surface area contributed by atoms with Gasteiger partial charge in [0.25, 0.3) is 0 Å². The molecule has 1 unspecified atom stereocenters. The Morgan fingerprint density at radius 3 is 3.00 bits per heavy atom. The maximum absolute atomic E-state index is 11.8. The molecule has 114 valence electrons. The van der Waals surface area contributed by atoms with Crippen LogP contribution in [-0.2, 0) is 14.3 Å². The fourth-order valence-corrected chi connectivity index (χ4v) is 2.13. The molecule has 1 saturated heterocycles. The second kappa shape index (κ2) is 7.75. The summed E-state index contributed by atoms with van der Waals surface area (Å²) in [5.74, 6) is -0.685. The number of anilines is 1. The number of hydrogen-bond donors (Lipinski definition) is 2. The molecule has 2 amide bonds. The zero-order chi connectivity index (χ0) is 15.1. The van der Waals surface area contributed by atoms with Crippen molar-refractivity contribution in [2.75, 3.05) is 25.1 Å². The summed E-state index contributed by atoms with van der Waals surface area (Å²) >= 11 is 0. The summed E-state index contributed by atoms with van der Waals surface area (Å²) in [5, 5.41) is 2.71. The number of hydrogen-bond acceptors (Lipinski definition) is 4.